The molecule has 0 saturated heterocycles. The van der Waals surface area contributed by atoms with Crippen LogP contribution in [-0.4, -0.2) is 32.3 Å². The van der Waals surface area contributed by atoms with Crippen LogP contribution in [0.25, 0.3) is 0 Å². The third kappa shape index (κ3) is 5.79. The number of sulfonamides is 1. The van der Waals surface area contributed by atoms with Crippen molar-refractivity contribution in [2.75, 3.05) is 10.6 Å². The van der Waals surface area contributed by atoms with Crippen molar-refractivity contribution in [3.05, 3.63) is 30.3 Å². The van der Waals surface area contributed by atoms with Gasteiger partial charge in [0.25, 0.3) is 5.91 Å². The maximum absolute atomic E-state index is 12.5. The highest BCUT2D eigenvalue weighted by molar-refractivity contribution is 7.92. The maximum Gasteiger partial charge on any atom is 0.263 e. The SMILES string of the molecule is CC(C(=O)NN=C1CCC(C(C)(C)C)CC1)N(c1ccccc1)S(C)(=O)=O. The number of amides is 1. The van der Waals surface area contributed by atoms with E-state index in [4.69, 9.17) is 0 Å². The summed E-state index contributed by atoms with van der Waals surface area (Å²) in [6.45, 7) is 8.34. The third-order valence-corrected chi connectivity index (χ3v) is 6.45. The van der Waals surface area contributed by atoms with E-state index in [9.17, 15) is 13.2 Å². The molecule has 1 N–H and O–H groups in total. The van der Waals surface area contributed by atoms with E-state index >= 15 is 0 Å². The molecular weight excluding hydrogens is 362 g/mol. The number of benzene rings is 1. The van der Waals surface area contributed by atoms with Gasteiger partial charge in [-0.3, -0.25) is 9.10 Å². The lowest BCUT2D eigenvalue weighted by Crippen LogP contribution is -2.47. The Bertz CT molecular complexity index is 772. The Morgan fingerprint density at radius 3 is 2.22 bits per heavy atom. The number of hydrogen-bond donors (Lipinski definition) is 1. The Kier molecular flexibility index (Phi) is 6.68. The third-order valence-electron chi connectivity index (χ3n) is 5.21. The first-order valence-electron chi connectivity index (χ1n) is 9.40. The Morgan fingerprint density at radius 2 is 1.74 bits per heavy atom. The monoisotopic (exact) mass is 393 g/mol. The maximum atomic E-state index is 12.5. The van der Waals surface area contributed by atoms with Gasteiger partial charge in [0.05, 0.1) is 11.9 Å². The topological polar surface area (TPSA) is 78.8 Å². The number of hydrogen-bond acceptors (Lipinski definition) is 4. The molecule has 0 spiro atoms. The summed E-state index contributed by atoms with van der Waals surface area (Å²) < 4.78 is 25.6. The van der Waals surface area contributed by atoms with E-state index in [0.717, 1.165) is 42.0 Å². The standard InChI is InChI=1S/C20H31N3O3S/c1-15(23(27(5,25)26)18-9-7-6-8-10-18)19(24)22-21-17-13-11-16(12-14-17)20(2,3)4/h6-10,15-16H,11-14H2,1-5H3,(H,22,24). The number of carbonyl (C=O) groups excluding carboxylic acids is 1. The van der Waals surface area contributed by atoms with Crippen molar-refractivity contribution < 1.29 is 13.2 Å². The van der Waals surface area contributed by atoms with Crippen molar-refractivity contribution >= 4 is 27.3 Å². The average Bonchev–Trinajstić information content (AvgIpc) is 2.59. The lowest BCUT2D eigenvalue weighted by molar-refractivity contribution is -0.121. The highest BCUT2D eigenvalue weighted by Crippen LogP contribution is 2.36. The van der Waals surface area contributed by atoms with E-state index in [2.05, 4.69) is 31.3 Å². The normalized spacial score (nSPS) is 19.3. The molecule has 2 rings (SSSR count). The molecule has 6 nitrogen and oxygen atoms in total. The van der Waals surface area contributed by atoms with Crippen LogP contribution in [0, 0.1) is 11.3 Å². The Balaban J connectivity index is 2.04. The van der Waals surface area contributed by atoms with E-state index in [0.29, 0.717) is 11.6 Å². The van der Waals surface area contributed by atoms with Crippen LogP contribution in [0.4, 0.5) is 5.69 Å². The van der Waals surface area contributed by atoms with Crippen molar-refractivity contribution in [3.8, 4) is 0 Å². The van der Waals surface area contributed by atoms with Gasteiger partial charge in [0.1, 0.15) is 6.04 Å². The number of rotatable bonds is 5. The van der Waals surface area contributed by atoms with Crippen LogP contribution in [-0.2, 0) is 14.8 Å². The fraction of sp³-hybridized carbons (Fsp3) is 0.600. The van der Waals surface area contributed by atoms with Gasteiger partial charge in [0.15, 0.2) is 0 Å². The largest absolute Gasteiger partial charge is 0.271 e. The summed E-state index contributed by atoms with van der Waals surface area (Å²) in [5.74, 6) is 0.222. The van der Waals surface area contributed by atoms with Gasteiger partial charge in [-0.25, -0.2) is 13.8 Å². The van der Waals surface area contributed by atoms with Crippen LogP contribution < -0.4 is 9.73 Å². The molecule has 1 aromatic carbocycles. The summed E-state index contributed by atoms with van der Waals surface area (Å²) in [6, 6.07) is 7.74. The number of hydrazone groups is 1. The average molecular weight is 394 g/mol. The molecule has 1 aliphatic rings. The van der Waals surface area contributed by atoms with Crippen LogP contribution in [0.3, 0.4) is 0 Å². The zero-order chi connectivity index (χ0) is 20.2. The lowest BCUT2D eigenvalue weighted by Gasteiger charge is -2.34. The number of anilines is 1. The molecule has 1 saturated carbocycles. The van der Waals surface area contributed by atoms with Gasteiger partial charge >= 0.3 is 0 Å². The molecule has 7 heteroatoms. The zero-order valence-electron chi connectivity index (χ0n) is 16.9. The van der Waals surface area contributed by atoms with Gasteiger partial charge in [-0.2, -0.15) is 5.10 Å². The molecule has 0 heterocycles. The zero-order valence-corrected chi connectivity index (χ0v) is 17.7. The van der Waals surface area contributed by atoms with Crippen LogP contribution in [0.5, 0.6) is 0 Å². The van der Waals surface area contributed by atoms with Crippen LogP contribution in [0.2, 0.25) is 0 Å². The van der Waals surface area contributed by atoms with E-state index < -0.39 is 22.0 Å². The summed E-state index contributed by atoms with van der Waals surface area (Å²) >= 11 is 0. The van der Waals surface area contributed by atoms with Gasteiger partial charge in [-0.15, -0.1) is 0 Å². The van der Waals surface area contributed by atoms with Crippen LogP contribution >= 0.6 is 0 Å². The van der Waals surface area contributed by atoms with Crippen molar-refractivity contribution in [2.45, 2.75) is 59.4 Å². The van der Waals surface area contributed by atoms with Gasteiger partial charge in [-0.05, 0) is 56.1 Å². The first-order chi connectivity index (χ1) is 12.5. The molecule has 1 aliphatic carbocycles. The predicted octanol–water partition coefficient (Wildman–Crippen LogP) is 3.55. The van der Waals surface area contributed by atoms with Crippen molar-refractivity contribution in [1.29, 1.82) is 0 Å². The Morgan fingerprint density at radius 1 is 1.19 bits per heavy atom. The molecule has 27 heavy (non-hydrogen) atoms. The number of nitrogens with one attached hydrogen (secondary N) is 1. The molecule has 0 aromatic heterocycles. The van der Waals surface area contributed by atoms with Crippen molar-refractivity contribution in [2.24, 2.45) is 16.4 Å². The molecule has 0 radical (unpaired) electrons. The van der Waals surface area contributed by atoms with Crippen LogP contribution in [0.15, 0.2) is 35.4 Å². The minimum Gasteiger partial charge on any atom is -0.271 e. The second-order valence-corrected chi connectivity index (χ2v) is 10.2. The second-order valence-electron chi connectivity index (χ2n) is 8.36. The lowest BCUT2D eigenvalue weighted by atomic mass is 9.72. The van der Waals surface area contributed by atoms with Crippen molar-refractivity contribution in [3.63, 3.8) is 0 Å². The minimum absolute atomic E-state index is 0.287. The van der Waals surface area contributed by atoms with Gasteiger partial charge in [0.2, 0.25) is 10.0 Å². The predicted molar refractivity (Wildman–Crippen MR) is 110 cm³/mol. The molecule has 1 fully saturated rings. The first kappa shape index (κ1) is 21.4. The summed E-state index contributed by atoms with van der Waals surface area (Å²) in [5, 5.41) is 4.27. The second kappa shape index (κ2) is 8.42. The summed E-state index contributed by atoms with van der Waals surface area (Å²) in [7, 11) is -3.61. The Hall–Kier alpha value is -1.89. The molecule has 0 aliphatic heterocycles. The quantitative estimate of drug-likeness (QED) is 0.777. The van der Waals surface area contributed by atoms with Crippen molar-refractivity contribution in [1.82, 2.24) is 5.43 Å². The molecule has 150 valence electrons. The molecule has 1 atom stereocenters. The van der Waals surface area contributed by atoms with Crippen LogP contribution in [0.1, 0.15) is 53.4 Å². The van der Waals surface area contributed by atoms with Gasteiger partial charge in [0, 0.05) is 5.71 Å². The van der Waals surface area contributed by atoms with Gasteiger partial charge in [-0.1, -0.05) is 39.0 Å². The van der Waals surface area contributed by atoms with E-state index in [-0.39, 0.29) is 5.41 Å². The highest BCUT2D eigenvalue weighted by Gasteiger charge is 2.30. The molecule has 1 amide bonds. The smallest absolute Gasteiger partial charge is 0.263 e. The molecule has 0 bridgehead atoms. The fourth-order valence-electron chi connectivity index (χ4n) is 3.54. The molecule has 1 aromatic rings. The van der Waals surface area contributed by atoms with Gasteiger partial charge < -0.3 is 0 Å². The summed E-state index contributed by atoms with van der Waals surface area (Å²) in [4.78, 5) is 12.5. The first-order valence-corrected chi connectivity index (χ1v) is 11.2. The Labute approximate surface area is 163 Å². The number of carbonyl (C=O) groups is 1. The van der Waals surface area contributed by atoms with E-state index in [1.165, 1.54) is 0 Å². The summed E-state index contributed by atoms with van der Waals surface area (Å²) in [6.07, 6.45) is 4.96. The number of nitrogens with zero attached hydrogens (tertiary/aromatic N) is 2. The highest BCUT2D eigenvalue weighted by atomic mass is 32.2. The molecule has 1 unspecified atom stereocenters. The minimum atomic E-state index is -3.61. The molecular formula is C20H31N3O3S. The summed E-state index contributed by atoms with van der Waals surface area (Å²) in [5.41, 5.74) is 4.29. The van der Waals surface area contributed by atoms with E-state index in [1.807, 2.05) is 0 Å². The number of para-hydroxylation sites is 1. The van der Waals surface area contributed by atoms with E-state index in [1.54, 1.807) is 37.3 Å². The fourth-order valence-corrected chi connectivity index (χ4v) is 4.71.